The molecule has 6 nitrogen and oxygen atoms in total. The van der Waals surface area contributed by atoms with Gasteiger partial charge < -0.3 is 14.5 Å². The number of ether oxygens (including phenoxy) is 1. The summed E-state index contributed by atoms with van der Waals surface area (Å²) in [6.07, 6.45) is 0.442. The number of nitrogens with zero attached hydrogens (tertiary/aromatic N) is 2. The van der Waals surface area contributed by atoms with Crippen molar-refractivity contribution in [3.63, 3.8) is 0 Å². The second-order valence-corrected chi connectivity index (χ2v) is 10.3. The first-order valence-corrected chi connectivity index (χ1v) is 12.7. The number of carbonyl (C=O) groups excluding carboxylic acids is 1. The summed E-state index contributed by atoms with van der Waals surface area (Å²) in [5, 5.41) is 0.428. The van der Waals surface area contributed by atoms with Gasteiger partial charge in [0.2, 0.25) is 0 Å². The molecule has 1 saturated heterocycles. The Bertz CT molecular complexity index is 991. The van der Waals surface area contributed by atoms with Crippen LogP contribution in [0.2, 0.25) is 5.02 Å². The zero-order valence-electron chi connectivity index (χ0n) is 18.0. The number of anilines is 1. The molecule has 0 aliphatic carbocycles. The molecule has 1 aliphatic rings. The number of hydrogen-bond donors (Lipinski definition) is 0. The van der Waals surface area contributed by atoms with Crippen LogP contribution in [0.3, 0.4) is 0 Å². The lowest BCUT2D eigenvalue weighted by Gasteiger charge is -2.29. The SMILES string of the molecule is CCN(CC)c1ccc(CN(C(=O)COc2ccccc2Cl)C2CCS(=O)(=O)C2)cc1. The minimum absolute atomic E-state index is 0.0115. The van der Waals surface area contributed by atoms with Gasteiger partial charge in [-0.2, -0.15) is 0 Å². The molecule has 31 heavy (non-hydrogen) atoms. The molecule has 2 aromatic rings. The highest BCUT2D eigenvalue weighted by Gasteiger charge is 2.34. The monoisotopic (exact) mass is 464 g/mol. The van der Waals surface area contributed by atoms with Gasteiger partial charge in [-0.25, -0.2) is 8.42 Å². The molecular formula is C23H29ClN2O4S. The van der Waals surface area contributed by atoms with Crippen LogP contribution in [0.25, 0.3) is 0 Å². The zero-order chi connectivity index (χ0) is 22.4. The number of sulfone groups is 1. The first-order chi connectivity index (χ1) is 14.8. The normalized spacial score (nSPS) is 17.3. The third-order valence-electron chi connectivity index (χ3n) is 5.58. The van der Waals surface area contributed by atoms with Crippen LogP contribution in [0.1, 0.15) is 25.8 Å². The van der Waals surface area contributed by atoms with Gasteiger partial charge in [0.25, 0.3) is 5.91 Å². The first-order valence-electron chi connectivity index (χ1n) is 10.5. The second kappa shape index (κ2) is 10.4. The molecule has 1 unspecified atom stereocenters. The van der Waals surface area contributed by atoms with Gasteiger partial charge in [0, 0.05) is 31.4 Å². The van der Waals surface area contributed by atoms with Crippen LogP contribution in [-0.2, 0) is 21.2 Å². The zero-order valence-corrected chi connectivity index (χ0v) is 19.5. The van der Waals surface area contributed by atoms with Crippen molar-refractivity contribution in [2.75, 3.05) is 36.1 Å². The molecule has 1 aliphatic heterocycles. The van der Waals surface area contributed by atoms with Crippen molar-refractivity contribution in [3.8, 4) is 5.75 Å². The molecule has 0 spiro atoms. The van der Waals surface area contributed by atoms with Crippen molar-refractivity contribution in [2.45, 2.75) is 32.9 Å². The average molecular weight is 465 g/mol. The lowest BCUT2D eigenvalue weighted by Crippen LogP contribution is -2.43. The van der Waals surface area contributed by atoms with Crippen molar-refractivity contribution in [1.29, 1.82) is 0 Å². The summed E-state index contributed by atoms with van der Waals surface area (Å²) in [7, 11) is -3.13. The van der Waals surface area contributed by atoms with E-state index < -0.39 is 9.84 Å². The van der Waals surface area contributed by atoms with Gasteiger partial charge in [0.05, 0.1) is 16.5 Å². The number of halogens is 1. The summed E-state index contributed by atoms with van der Waals surface area (Å²) in [6, 6.07) is 14.7. The van der Waals surface area contributed by atoms with Crippen LogP contribution in [0, 0.1) is 0 Å². The van der Waals surface area contributed by atoms with Crippen molar-refractivity contribution >= 4 is 33.0 Å². The van der Waals surface area contributed by atoms with Crippen LogP contribution in [-0.4, -0.2) is 56.5 Å². The van der Waals surface area contributed by atoms with Crippen LogP contribution >= 0.6 is 11.6 Å². The van der Waals surface area contributed by atoms with Crippen LogP contribution in [0.4, 0.5) is 5.69 Å². The van der Waals surface area contributed by atoms with E-state index in [-0.39, 0.29) is 30.1 Å². The summed E-state index contributed by atoms with van der Waals surface area (Å²) in [5.74, 6) is 0.269. The fourth-order valence-electron chi connectivity index (χ4n) is 3.82. The molecule has 0 radical (unpaired) electrons. The highest BCUT2D eigenvalue weighted by molar-refractivity contribution is 7.91. The van der Waals surface area contributed by atoms with Gasteiger partial charge in [0.15, 0.2) is 16.4 Å². The Kier molecular flexibility index (Phi) is 7.84. The lowest BCUT2D eigenvalue weighted by atomic mass is 10.1. The largest absolute Gasteiger partial charge is 0.482 e. The summed E-state index contributed by atoms with van der Waals surface area (Å²) in [4.78, 5) is 16.9. The number of rotatable bonds is 9. The van der Waals surface area contributed by atoms with Gasteiger partial charge in [0.1, 0.15) is 5.75 Å². The minimum Gasteiger partial charge on any atom is -0.482 e. The summed E-state index contributed by atoms with van der Waals surface area (Å²) in [6.45, 7) is 6.19. The molecule has 0 bridgehead atoms. The molecule has 0 aromatic heterocycles. The summed E-state index contributed by atoms with van der Waals surface area (Å²) < 4.78 is 29.7. The van der Waals surface area contributed by atoms with E-state index in [1.54, 1.807) is 29.2 Å². The van der Waals surface area contributed by atoms with Crippen molar-refractivity contribution in [2.24, 2.45) is 0 Å². The van der Waals surface area contributed by atoms with Crippen molar-refractivity contribution in [1.82, 2.24) is 4.90 Å². The fraction of sp³-hybridized carbons (Fsp3) is 0.435. The summed E-state index contributed by atoms with van der Waals surface area (Å²) in [5.41, 5.74) is 2.07. The topological polar surface area (TPSA) is 66.9 Å². The van der Waals surface area contributed by atoms with E-state index in [1.807, 2.05) is 24.3 Å². The van der Waals surface area contributed by atoms with Crippen LogP contribution in [0.15, 0.2) is 48.5 Å². The number of amides is 1. The predicted octanol–water partition coefficient (Wildman–Crippen LogP) is 3.78. The Morgan fingerprint density at radius 2 is 1.77 bits per heavy atom. The molecule has 0 N–H and O–H groups in total. The van der Waals surface area contributed by atoms with Crippen molar-refractivity contribution in [3.05, 3.63) is 59.1 Å². The van der Waals surface area contributed by atoms with E-state index >= 15 is 0 Å². The Morgan fingerprint density at radius 1 is 1.10 bits per heavy atom. The Morgan fingerprint density at radius 3 is 2.35 bits per heavy atom. The van der Waals surface area contributed by atoms with Gasteiger partial charge in [-0.1, -0.05) is 35.9 Å². The molecule has 0 saturated carbocycles. The smallest absolute Gasteiger partial charge is 0.261 e. The third-order valence-corrected chi connectivity index (χ3v) is 7.64. The van der Waals surface area contributed by atoms with Crippen molar-refractivity contribution < 1.29 is 17.9 Å². The van der Waals surface area contributed by atoms with E-state index in [9.17, 15) is 13.2 Å². The Hall–Kier alpha value is -2.25. The van der Waals surface area contributed by atoms with Gasteiger partial charge >= 0.3 is 0 Å². The summed E-state index contributed by atoms with van der Waals surface area (Å²) >= 11 is 6.11. The van der Waals surface area contributed by atoms with E-state index in [0.717, 1.165) is 24.3 Å². The van der Waals surface area contributed by atoms with E-state index in [4.69, 9.17) is 16.3 Å². The molecular weight excluding hydrogens is 436 g/mol. The second-order valence-electron chi connectivity index (χ2n) is 7.64. The maximum Gasteiger partial charge on any atom is 0.261 e. The van der Waals surface area contributed by atoms with E-state index in [0.29, 0.717) is 23.7 Å². The molecule has 1 atom stereocenters. The number of para-hydroxylation sites is 1. The number of hydrogen-bond acceptors (Lipinski definition) is 5. The van der Waals surface area contributed by atoms with E-state index in [1.165, 1.54) is 0 Å². The number of benzene rings is 2. The Labute approximate surface area is 189 Å². The lowest BCUT2D eigenvalue weighted by molar-refractivity contribution is -0.136. The molecule has 1 fully saturated rings. The third kappa shape index (κ3) is 6.14. The van der Waals surface area contributed by atoms with Crippen LogP contribution in [0.5, 0.6) is 5.75 Å². The molecule has 168 valence electrons. The molecule has 1 amide bonds. The molecule has 8 heteroatoms. The van der Waals surface area contributed by atoms with Gasteiger partial charge in [-0.15, -0.1) is 0 Å². The minimum atomic E-state index is -3.13. The predicted molar refractivity (Wildman–Crippen MR) is 125 cm³/mol. The number of carbonyl (C=O) groups is 1. The van der Waals surface area contributed by atoms with E-state index in [2.05, 4.69) is 18.7 Å². The van der Waals surface area contributed by atoms with Gasteiger partial charge in [-0.3, -0.25) is 4.79 Å². The molecule has 3 rings (SSSR count). The standard InChI is InChI=1S/C23H29ClN2O4S/c1-3-25(4-2)19-11-9-18(10-12-19)15-26(20-13-14-31(28,29)17-20)23(27)16-30-22-8-6-5-7-21(22)24/h5-12,20H,3-4,13-17H2,1-2H3. The molecule has 2 aromatic carbocycles. The molecule has 1 heterocycles. The first kappa shape index (κ1) is 23.4. The fourth-order valence-corrected chi connectivity index (χ4v) is 5.74. The average Bonchev–Trinajstić information content (AvgIpc) is 3.12. The quantitative estimate of drug-likeness (QED) is 0.565. The van der Waals surface area contributed by atoms with Gasteiger partial charge in [-0.05, 0) is 50.1 Å². The van der Waals surface area contributed by atoms with Crippen LogP contribution < -0.4 is 9.64 Å². The maximum atomic E-state index is 13.1. The Balaban J connectivity index is 1.75. The highest BCUT2D eigenvalue weighted by Crippen LogP contribution is 2.25. The maximum absolute atomic E-state index is 13.1. The highest BCUT2D eigenvalue weighted by atomic mass is 35.5.